The molecule has 3 aliphatic heterocycles. The van der Waals surface area contributed by atoms with Gasteiger partial charge >= 0.3 is 0 Å². The molecule has 2 aromatic heterocycles. The largest absolute Gasteiger partial charge is 0.475 e. The second-order valence-electron chi connectivity index (χ2n) is 12.1. The van der Waals surface area contributed by atoms with E-state index >= 15 is 0 Å². The van der Waals surface area contributed by atoms with E-state index in [-0.39, 0.29) is 5.91 Å². The van der Waals surface area contributed by atoms with Crippen LogP contribution in [0.5, 0.6) is 5.88 Å². The lowest BCUT2D eigenvalue weighted by atomic mass is 9.96. The van der Waals surface area contributed by atoms with Crippen molar-refractivity contribution in [2.24, 2.45) is 0 Å². The molecule has 10 heteroatoms. The van der Waals surface area contributed by atoms with Crippen molar-refractivity contribution in [2.75, 3.05) is 62.7 Å². The van der Waals surface area contributed by atoms with E-state index in [4.69, 9.17) is 9.72 Å². The van der Waals surface area contributed by atoms with Crippen LogP contribution in [0.3, 0.4) is 0 Å². The third-order valence-electron chi connectivity index (χ3n) is 9.53. The van der Waals surface area contributed by atoms with Gasteiger partial charge in [-0.1, -0.05) is 12.6 Å². The second-order valence-corrected chi connectivity index (χ2v) is 12.1. The molecule has 1 aromatic carbocycles. The van der Waals surface area contributed by atoms with E-state index in [1.54, 1.807) is 0 Å². The van der Waals surface area contributed by atoms with Crippen molar-refractivity contribution in [1.29, 1.82) is 5.26 Å². The molecule has 0 unspecified atom stereocenters. The number of aromatic amines is 1. The molecular weight excluding hydrogens is 528 g/mol. The number of benzene rings is 1. The van der Waals surface area contributed by atoms with Gasteiger partial charge in [0.25, 0.3) is 0 Å². The first kappa shape index (κ1) is 26.8. The number of hydrogen-bond donors (Lipinski definition) is 1. The summed E-state index contributed by atoms with van der Waals surface area (Å²) in [7, 11) is 2.13. The van der Waals surface area contributed by atoms with Gasteiger partial charge in [-0.05, 0) is 69.3 Å². The minimum atomic E-state index is -0.0489. The highest BCUT2D eigenvalue weighted by Gasteiger charge is 2.34. The quantitative estimate of drug-likeness (QED) is 0.433. The van der Waals surface area contributed by atoms with Crippen molar-refractivity contribution >= 4 is 28.2 Å². The summed E-state index contributed by atoms with van der Waals surface area (Å²) in [5.74, 6) is 0.983. The van der Waals surface area contributed by atoms with E-state index in [9.17, 15) is 10.1 Å². The number of nitrogens with one attached hydrogen (secondary N) is 1. The summed E-state index contributed by atoms with van der Waals surface area (Å²) < 4.78 is 6.41. The lowest BCUT2D eigenvalue weighted by molar-refractivity contribution is -0.126. The SMILES string of the molecule is C=CC(=O)N1CCN(c2c(C#N)c(OC[C@@H]3CCCN3C)nc3c2CCN(c2c(C4CC4)ccc4[nH]ncc24)C3)CC1. The highest BCUT2D eigenvalue weighted by Crippen LogP contribution is 2.48. The fourth-order valence-electron chi connectivity index (χ4n) is 7.02. The number of rotatable bonds is 7. The Morgan fingerprint density at radius 1 is 1.14 bits per heavy atom. The molecule has 0 bridgehead atoms. The van der Waals surface area contributed by atoms with Crippen molar-refractivity contribution < 1.29 is 9.53 Å². The van der Waals surface area contributed by atoms with Crippen LogP contribution in [0, 0.1) is 11.3 Å². The molecule has 7 rings (SSSR count). The summed E-state index contributed by atoms with van der Waals surface area (Å²) in [6, 6.07) is 7.21. The van der Waals surface area contributed by atoms with Gasteiger partial charge in [0.2, 0.25) is 11.8 Å². The first-order valence-corrected chi connectivity index (χ1v) is 15.2. The van der Waals surface area contributed by atoms with Crippen LogP contribution in [-0.2, 0) is 17.8 Å². The van der Waals surface area contributed by atoms with Crippen LogP contribution < -0.4 is 14.5 Å². The molecular formula is C32H38N8O2. The van der Waals surface area contributed by atoms with Crippen LogP contribution in [0.4, 0.5) is 11.4 Å². The molecule has 3 fully saturated rings. The Hall–Kier alpha value is -4.10. The maximum absolute atomic E-state index is 12.3. The van der Waals surface area contributed by atoms with Gasteiger partial charge < -0.3 is 24.3 Å². The number of pyridine rings is 1. The van der Waals surface area contributed by atoms with Crippen molar-refractivity contribution in [1.82, 2.24) is 25.0 Å². The van der Waals surface area contributed by atoms with Gasteiger partial charge in [-0.15, -0.1) is 0 Å². The predicted molar refractivity (Wildman–Crippen MR) is 162 cm³/mol. The van der Waals surface area contributed by atoms with Crippen LogP contribution >= 0.6 is 0 Å². The summed E-state index contributed by atoms with van der Waals surface area (Å²) in [5.41, 5.74) is 7.25. The molecule has 1 N–H and O–H groups in total. The number of aromatic nitrogens is 3. The van der Waals surface area contributed by atoms with Gasteiger partial charge in [-0.25, -0.2) is 4.98 Å². The number of nitriles is 1. The van der Waals surface area contributed by atoms with Gasteiger partial charge in [-0.2, -0.15) is 10.4 Å². The van der Waals surface area contributed by atoms with Crippen molar-refractivity contribution in [2.45, 2.75) is 50.6 Å². The van der Waals surface area contributed by atoms with Crippen LogP contribution in [0.25, 0.3) is 10.9 Å². The number of carbonyl (C=O) groups excluding carboxylic acids is 1. The fraction of sp³-hybridized carbons (Fsp3) is 0.500. The summed E-state index contributed by atoms with van der Waals surface area (Å²) in [6.07, 6.45) is 8.79. The number of nitrogens with zero attached hydrogens (tertiary/aromatic N) is 7. The maximum Gasteiger partial charge on any atom is 0.246 e. The highest BCUT2D eigenvalue weighted by atomic mass is 16.5. The molecule has 1 atom stereocenters. The normalized spacial score (nSPS) is 21.0. The maximum atomic E-state index is 12.3. The molecule has 0 radical (unpaired) electrons. The van der Waals surface area contributed by atoms with Gasteiger partial charge in [-0.3, -0.25) is 9.89 Å². The molecule has 42 heavy (non-hydrogen) atoms. The van der Waals surface area contributed by atoms with Gasteiger partial charge in [0.1, 0.15) is 18.2 Å². The lowest BCUT2D eigenvalue weighted by Gasteiger charge is -2.39. The van der Waals surface area contributed by atoms with Crippen LogP contribution in [0.1, 0.15) is 54.0 Å². The zero-order valence-corrected chi connectivity index (χ0v) is 24.3. The number of ether oxygens (including phenoxy) is 1. The average Bonchev–Trinajstić information content (AvgIpc) is 3.61. The zero-order chi connectivity index (χ0) is 28.8. The average molecular weight is 567 g/mol. The molecule has 10 nitrogen and oxygen atoms in total. The number of fused-ring (bicyclic) bond motifs is 2. The first-order chi connectivity index (χ1) is 20.6. The number of anilines is 2. The Labute approximate surface area is 246 Å². The van der Waals surface area contributed by atoms with Gasteiger partial charge in [0.15, 0.2) is 0 Å². The second kappa shape index (κ2) is 11.0. The minimum Gasteiger partial charge on any atom is -0.475 e. The highest BCUT2D eigenvalue weighted by molar-refractivity contribution is 5.94. The Morgan fingerprint density at radius 3 is 2.69 bits per heavy atom. The molecule has 1 saturated carbocycles. The predicted octanol–water partition coefficient (Wildman–Crippen LogP) is 3.58. The molecule has 0 spiro atoms. The Bertz CT molecular complexity index is 1560. The standard InChI is InChI=1S/C32H38N8O2/c1-3-29(41)38-13-15-39(16-14-38)31-24-10-12-40(30-23(21-6-7-21)8-9-27-26(30)18-34-36-27)19-28(24)35-32(25(31)17-33)42-20-22-5-4-11-37(22)2/h3,8-9,18,21-22H,1,4-7,10-16,19-20H2,2H3,(H,34,36)/t22-/m0/s1. The van der Waals surface area contributed by atoms with Crippen LogP contribution in [0.15, 0.2) is 31.0 Å². The van der Waals surface area contributed by atoms with E-state index in [0.29, 0.717) is 62.7 Å². The zero-order valence-electron chi connectivity index (χ0n) is 24.3. The number of hydrogen-bond acceptors (Lipinski definition) is 8. The number of likely N-dealkylation sites (N-methyl/N-ethyl adjacent to an activating group) is 1. The third-order valence-corrected chi connectivity index (χ3v) is 9.53. The van der Waals surface area contributed by atoms with E-state index in [2.05, 4.69) is 56.7 Å². The summed E-state index contributed by atoms with van der Waals surface area (Å²) in [6.45, 7) is 9.20. The van der Waals surface area contributed by atoms with Crippen molar-refractivity contribution in [3.8, 4) is 11.9 Å². The molecule has 3 aromatic rings. The number of likely N-dealkylation sites (tertiary alicyclic amines) is 1. The van der Waals surface area contributed by atoms with E-state index in [1.807, 2.05) is 11.1 Å². The minimum absolute atomic E-state index is 0.0489. The smallest absolute Gasteiger partial charge is 0.246 e. The van der Waals surface area contributed by atoms with Crippen LogP contribution in [0.2, 0.25) is 0 Å². The summed E-state index contributed by atoms with van der Waals surface area (Å²) in [4.78, 5) is 26.2. The van der Waals surface area contributed by atoms with Gasteiger partial charge in [0, 0.05) is 49.7 Å². The fourth-order valence-corrected chi connectivity index (χ4v) is 7.02. The Kier molecular flexibility index (Phi) is 6.98. The van der Waals surface area contributed by atoms with Crippen molar-refractivity contribution in [3.05, 3.63) is 53.4 Å². The lowest BCUT2D eigenvalue weighted by Crippen LogP contribution is -2.49. The van der Waals surface area contributed by atoms with Crippen LogP contribution in [-0.4, -0.2) is 89.9 Å². The number of amides is 1. The molecule has 5 heterocycles. The first-order valence-electron chi connectivity index (χ1n) is 15.2. The topological polar surface area (TPSA) is 105 Å². The number of piperazine rings is 1. The summed E-state index contributed by atoms with van der Waals surface area (Å²) >= 11 is 0. The molecule has 2 saturated heterocycles. The van der Waals surface area contributed by atoms with E-state index in [1.165, 1.54) is 30.2 Å². The molecule has 218 valence electrons. The third kappa shape index (κ3) is 4.75. The molecule has 1 aliphatic carbocycles. The Balaban J connectivity index is 1.26. The van der Waals surface area contributed by atoms with E-state index in [0.717, 1.165) is 60.2 Å². The number of H-pyrrole nitrogens is 1. The monoisotopic (exact) mass is 566 g/mol. The number of carbonyl (C=O) groups is 1. The van der Waals surface area contributed by atoms with E-state index < -0.39 is 0 Å². The van der Waals surface area contributed by atoms with Gasteiger partial charge in [0.05, 0.1) is 35.3 Å². The molecule has 1 amide bonds. The Morgan fingerprint density at radius 2 is 1.98 bits per heavy atom. The van der Waals surface area contributed by atoms with Crippen molar-refractivity contribution in [3.63, 3.8) is 0 Å². The molecule has 4 aliphatic rings. The summed E-state index contributed by atoms with van der Waals surface area (Å²) in [5, 5.41) is 19.1.